The highest BCUT2D eigenvalue weighted by Crippen LogP contribution is 1.92. The second-order valence-electron chi connectivity index (χ2n) is 3.77. The Labute approximate surface area is 115 Å². The summed E-state index contributed by atoms with van der Waals surface area (Å²) in [5, 5.41) is 0. The monoisotopic (exact) mass is 288 g/mol. The third-order valence-electron chi connectivity index (χ3n) is 1.79. The summed E-state index contributed by atoms with van der Waals surface area (Å²) < 4.78 is 20.0. The molecule has 0 radical (unpaired) electrons. The van der Waals surface area contributed by atoms with E-state index in [1.807, 2.05) is 0 Å². The molecule has 0 unspecified atom stereocenters. The molecule has 0 aromatic rings. The van der Waals surface area contributed by atoms with Crippen LogP contribution in [0.5, 0.6) is 0 Å². The van der Waals surface area contributed by atoms with Crippen LogP contribution in [-0.2, 0) is 27.9 Å². The fourth-order valence-electron chi connectivity index (χ4n) is 0.810. The minimum atomic E-state index is -1.14. The van der Waals surface area contributed by atoms with Gasteiger partial charge in [0.25, 0.3) is 0 Å². The summed E-state index contributed by atoms with van der Waals surface area (Å²) in [4.78, 5) is 22.0. The van der Waals surface area contributed by atoms with Gasteiger partial charge in [0.05, 0.1) is 13.2 Å². The van der Waals surface area contributed by atoms with Gasteiger partial charge >= 0.3 is 21.9 Å². The Morgan fingerprint density at radius 3 is 1.53 bits per heavy atom. The van der Waals surface area contributed by atoms with Crippen LogP contribution in [0.1, 0.15) is 13.8 Å². The zero-order valence-corrected chi connectivity index (χ0v) is 12.8. The smallest absolute Gasteiger partial charge is 0.333 e. The molecule has 0 heterocycles. The largest absolute Gasteiger partial charge is 0.460 e. The van der Waals surface area contributed by atoms with Gasteiger partial charge in [-0.15, -0.1) is 0 Å². The van der Waals surface area contributed by atoms with Gasteiger partial charge < -0.3 is 18.3 Å². The molecule has 0 aliphatic heterocycles. The Kier molecular flexibility index (Phi) is 9.68. The summed E-state index contributed by atoms with van der Waals surface area (Å²) in [5.74, 6) is -0.865. The first-order valence-corrected chi connectivity index (χ1v) is 6.91. The zero-order chi connectivity index (χ0) is 14.7. The molecule has 0 atom stereocenters. The van der Waals surface area contributed by atoms with Gasteiger partial charge in [-0.1, -0.05) is 13.2 Å². The number of ether oxygens (including phenoxy) is 2. The van der Waals surface area contributed by atoms with Gasteiger partial charge in [-0.25, -0.2) is 9.59 Å². The normalized spacial score (nSPS) is 9.79. The SMILES string of the molecule is C=C(C)C(=O)OCCO[SiH2]OCCOC(=O)C(=C)C. The Hall–Kier alpha value is -1.44. The van der Waals surface area contributed by atoms with Crippen LogP contribution in [0.4, 0.5) is 0 Å². The van der Waals surface area contributed by atoms with E-state index in [2.05, 4.69) is 13.2 Å². The van der Waals surface area contributed by atoms with E-state index in [0.29, 0.717) is 11.1 Å². The molecular formula is C12H20O6Si. The second-order valence-corrected chi connectivity index (χ2v) is 4.82. The molecule has 0 aromatic heterocycles. The lowest BCUT2D eigenvalue weighted by atomic mass is 10.4. The average Bonchev–Trinajstić information content (AvgIpc) is 2.35. The van der Waals surface area contributed by atoms with Crippen LogP contribution in [0.3, 0.4) is 0 Å². The van der Waals surface area contributed by atoms with Gasteiger partial charge in [0.1, 0.15) is 13.2 Å². The molecule has 0 aliphatic rings. The molecule has 0 aromatic carbocycles. The van der Waals surface area contributed by atoms with E-state index in [1.165, 1.54) is 0 Å². The molecular weight excluding hydrogens is 268 g/mol. The lowest BCUT2D eigenvalue weighted by molar-refractivity contribution is -0.140. The maximum absolute atomic E-state index is 11.0. The summed E-state index contributed by atoms with van der Waals surface area (Å²) in [6.07, 6.45) is 0. The summed E-state index contributed by atoms with van der Waals surface area (Å²) in [5.41, 5.74) is 0.709. The van der Waals surface area contributed by atoms with Crippen molar-refractivity contribution in [3.05, 3.63) is 24.3 Å². The van der Waals surface area contributed by atoms with E-state index in [9.17, 15) is 9.59 Å². The Bertz CT molecular complexity index is 307. The Morgan fingerprint density at radius 1 is 0.842 bits per heavy atom. The van der Waals surface area contributed by atoms with Gasteiger partial charge in [-0.2, -0.15) is 0 Å². The summed E-state index contributed by atoms with van der Waals surface area (Å²) >= 11 is 0. The summed E-state index contributed by atoms with van der Waals surface area (Å²) in [7, 11) is -1.14. The summed E-state index contributed by atoms with van der Waals surface area (Å²) in [6, 6.07) is 0. The van der Waals surface area contributed by atoms with Crippen molar-refractivity contribution in [2.75, 3.05) is 26.4 Å². The van der Waals surface area contributed by atoms with Crippen molar-refractivity contribution in [1.82, 2.24) is 0 Å². The highest BCUT2D eigenvalue weighted by Gasteiger charge is 2.03. The van der Waals surface area contributed by atoms with Crippen LogP contribution in [0.15, 0.2) is 24.3 Å². The Balaban J connectivity index is 3.28. The van der Waals surface area contributed by atoms with Crippen molar-refractivity contribution in [2.45, 2.75) is 13.8 Å². The van der Waals surface area contributed by atoms with E-state index in [-0.39, 0.29) is 26.4 Å². The zero-order valence-electron chi connectivity index (χ0n) is 11.4. The van der Waals surface area contributed by atoms with E-state index in [1.54, 1.807) is 13.8 Å². The third kappa shape index (κ3) is 10.2. The first-order valence-electron chi connectivity index (χ1n) is 5.76. The third-order valence-corrected chi connectivity index (χ3v) is 2.70. The molecule has 0 bridgehead atoms. The van der Waals surface area contributed by atoms with Crippen molar-refractivity contribution >= 4 is 21.9 Å². The maximum atomic E-state index is 11.0. The highest BCUT2D eigenvalue weighted by atomic mass is 28.3. The minimum Gasteiger partial charge on any atom is -0.460 e. The molecule has 0 aliphatic carbocycles. The van der Waals surface area contributed by atoms with Gasteiger partial charge in [-0.05, 0) is 13.8 Å². The van der Waals surface area contributed by atoms with Crippen LogP contribution < -0.4 is 0 Å². The number of hydrogen-bond donors (Lipinski definition) is 0. The predicted molar refractivity (Wildman–Crippen MR) is 72.0 cm³/mol. The Morgan fingerprint density at radius 2 is 1.21 bits per heavy atom. The minimum absolute atomic E-state index is 0.173. The fraction of sp³-hybridized carbons (Fsp3) is 0.500. The predicted octanol–water partition coefficient (Wildman–Crippen LogP) is 0.257. The van der Waals surface area contributed by atoms with Crippen LogP contribution >= 0.6 is 0 Å². The van der Waals surface area contributed by atoms with Crippen LogP contribution in [0.25, 0.3) is 0 Å². The molecule has 0 fully saturated rings. The van der Waals surface area contributed by atoms with E-state index in [4.69, 9.17) is 18.3 Å². The van der Waals surface area contributed by atoms with E-state index < -0.39 is 21.9 Å². The molecule has 0 rings (SSSR count). The van der Waals surface area contributed by atoms with E-state index in [0.717, 1.165) is 0 Å². The van der Waals surface area contributed by atoms with E-state index >= 15 is 0 Å². The molecule has 0 amide bonds. The highest BCUT2D eigenvalue weighted by molar-refractivity contribution is 6.17. The standard InChI is InChI=1S/C12H20O6Si/c1-9(2)11(13)15-5-7-17-19-18-8-6-16-12(14)10(3)4/h1,3,5-8,19H2,2,4H3. The van der Waals surface area contributed by atoms with Crippen molar-refractivity contribution < 1.29 is 27.9 Å². The number of carbonyl (C=O) groups is 2. The van der Waals surface area contributed by atoms with Gasteiger partial charge in [-0.3, -0.25) is 0 Å². The molecule has 0 saturated carbocycles. The molecule has 0 N–H and O–H groups in total. The topological polar surface area (TPSA) is 71.1 Å². The van der Waals surface area contributed by atoms with Crippen LogP contribution in [-0.4, -0.2) is 48.4 Å². The molecule has 0 saturated heterocycles. The molecule has 19 heavy (non-hydrogen) atoms. The molecule has 0 spiro atoms. The fourth-order valence-corrected chi connectivity index (χ4v) is 1.40. The summed E-state index contributed by atoms with van der Waals surface area (Å²) in [6.45, 7) is 11.0. The van der Waals surface area contributed by atoms with Gasteiger partial charge in [0.2, 0.25) is 0 Å². The van der Waals surface area contributed by atoms with Crippen molar-refractivity contribution in [3.8, 4) is 0 Å². The first-order chi connectivity index (χ1) is 8.95. The van der Waals surface area contributed by atoms with Crippen molar-refractivity contribution in [3.63, 3.8) is 0 Å². The van der Waals surface area contributed by atoms with Crippen LogP contribution in [0.2, 0.25) is 0 Å². The van der Waals surface area contributed by atoms with Gasteiger partial charge in [0, 0.05) is 11.1 Å². The number of rotatable bonds is 10. The average molecular weight is 288 g/mol. The van der Waals surface area contributed by atoms with Gasteiger partial charge in [0.15, 0.2) is 0 Å². The molecule has 6 nitrogen and oxygen atoms in total. The second kappa shape index (κ2) is 10.5. The molecule has 7 heteroatoms. The number of carbonyl (C=O) groups excluding carboxylic acids is 2. The van der Waals surface area contributed by atoms with Crippen molar-refractivity contribution in [2.24, 2.45) is 0 Å². The quantitative estimate of drug-likeness (QED) is 0.248. The lowest BCUT2D eigenvalue weighted by Gasteiger charge is -2.07. The van der Waals surface area contributed by atoms with Crippen molar-refractivity contribution in [1.29, 1.82) is 0 Å². The first kappa shape index (κ1) is 17.6. The number of hydrogen-bond acceptors (Lipinski definition) is 6. The molecule has 108 valence electrons. The van der Waals surface area contributed by atoms with Crippen LogP contribution in [0, 0.1) is 0 Å². The maximum Gasteiger partial charge on any atom is 0.333 e. The number of esters is 2. The lowest BCUT2D eigenvalue weighted by Crippen LogP contribution is -2.16.